The molecule has 2 N–H and O–H groups in total. The Morgan fingerprint density at radius 3 is 2.36 bits per heavy atom. The van der Waals surface area contributed by atoms with E-state index >= 15 is 0 Å². The van der Waals surface area contributed by atoms with Crippen molar-refractivity contribution in [2.45, 2.75) is 58.1 Å². The molecule has 0 saturated heterocycles. The van der Waals surface area contributed by atoms with Crippen LogP contribution in [-0.4, -0.2) is 22.7 Å². The molecule has 0 radical (unpaired) electrons. The Bertz CT molecular complexity index is 202. The molecule has 0 aliphatic heterocycles. The Morgan fingerprint density at radius 2 is 1.93 bits per heavy atom. The van der Waals surface area contributed by atoms with E-state index in [9.17, 15) is 9.90 Å². The van der Waals surface area contributed by atoms with Gasteiger partial charge in [-0.3, -0.25) is 4.79 Å². The Hall–Kier alpha value is -0.570. The number of nitrogens with one attached hydrogen (secondary N) is 1. The summed E-state index contributed by atoms with van der Waals surface area (Å²) in [6, 6.07) is -0.185. The second-order valence-corrected chi connectivity index (χ2v) is 4.87. The Labute approximate surface area is 85.9 Å². The number of amides is 1. The molecule has 0 aromatic carbocycles. The molecular formula is C11H21NO2. The predicted molar refractivity (Wildman–Crippen MR) is 55.9 cm³/mol. The molecule has 14 heavy (non-hydrogen) atoms. The first-order valence-electron chi connectivity index (χ1n) is 5.44. The van der Waals surface area contributed by atoms with Gasteiger partial charge in [-0.05, 0) is 33.6 Å². The maximum atomic E-state index is 11.7. The van der Waals surface area contributed by atoms with Crippen molar-refractivity contribution in [1.82, 2.24) is 5.32 Å². The number of carbonyl (C=O) groups is 1. The molecule has 1 unspecified atom stereocenters. The molecule has 0 bridgehead atoms. The minimum Gasteiger partial charge on any atom is -0.388 e. The van der Waals surface area contributed by atoms with Crippen molar-refractivity contribution in [2.75, 3.05) is 0 Å². The van der Waals surface area contributed by atoms with E-state index in [0.717, 1.165) is 25.7 Å². The zero-order valence-corrected chi connectivity index (χ0v) is 9.34. The molecule has 0 heterocycles. The average Bonchev–Trinajstić information content (AvgIpc) is 2.53. The molecule has 1 amide bonds. The SMILES string of the molecule is CC(NC(=O)C1CCCC1)C(C)(C)O. The lowest BCUT2D eigenvalue weighted by Gasteiger charge is -2.27. The second kappa shape index (κ2) is 4.30. The molecular weight excluding hydrogens is 178 g/mol. The summed E-state index contributed by atoms with van der Waals surface area (Å²) in [7, 11) is 0. The standard InChI is InChI=1S/C11H21NO2/c1-8(11(2,3)14)12-10(13)9-6-4-5-7-9/h8-9,14H,4-7H2,1-3H3,(H,12,13). The van der Waals surface area contributed by atoms with Gasteiger partial charge in [-0.1, -0.05) is 12.8 Å². The van der Waals surface area contributed by atoms with Crippen LogP contribution >= 0.6 is 0 Å². The normalized spacial score (nSPS) is 20.9. The van der Waals surface area contributed by atoms with Crippen LogP contribution in [0.2, 0.25) is 0 Å². The quantitative estimate of drug-likeness (QED) is 0.723. The van der Waals surface area contributed by atoms with Crippen LogP contribution in [0.1, 0.15) is 46.5 Å². The van der Waals surface area contributed by atoms with Crippen molar-refractivity contribution < 1.29 is 9.90 Å². The molecule has 1 aliphatic carbocycles. The van der Waals surface area contributed by atoms with Gasteiger partial charge in [0.1, 0.15) is 0 Å². The topological polar surface area (TPSA) is 49.3 Å². The van der Waals surface area contributed by atoms with Crippen molar-refractivity contribution in [2.24, 2.45) is 5.92 Å². The third kappa shape index (κ3) is 2.98. The van der Waals surface area contributed by atoms with Crippen molar-refractivity contribution in [3.05, 3.63) is 0 Å². The highest BCUT2D eigenvalue weighted by atomic mass is 16.3. The van der Waals surface area contributed by atoms with Gasteiger partial charge in [-0.25, -0.2) is 0 Å². The number of hydrogen-bond donors (Lipinski definition) is 2. The first-order chi connectivity index (χ1) is 6.41. The van der Waals surface area contributed by atoms with Gasteiger partial charge < -0.3 is 10.4 Å². The first-order valence-corrected chi connectivity index (χ1v) is 5.44. The summed E-state index contributed by atoms with van der Waals surface area (Å²) < 4.78 is 0. The molecule has 1 atom stereocenters. The van der Waals surface area contributed by atoms with Crippen LogP contribution < -0.4 is 5.32 Å². The van der Waals surface area contributed by atoms with Crippen LogP contribution in [-0.2, 0) is 4.79 Å². The Morgan fingerprint density at radius 1 is 1.43 bits per heavy atom. The molecule has 82 valence electrons. The van der Waals surface area contributed by atoms with Crippen molar-refractivity contribution >= 4 is 5.91 Å². The summed E-state index contributed by atoms with van der Waals surface area (Å²) in [4.78, 5) is 11.7. The summed E-state index contributed by atoms with van der Waals surface area (Å²) in [6.45, 7) is 5.27. The zero-order chi connectivity index (χ0) is 10.8. The Kier molecular flexibility index (Phi) is 3.53. The lowest BCUT2D eigenvalue weighted by molar-refractivity contribution is -0.127. The third-order valence-electron chi connectivity index (χ3n) is 3.14. The fraction of sp³-hybridized carbons (Fsp3) is 0.909. The highest BCUT2D eigenvalue weighted by Gasteiger charge is 2.28. The highest BCUT2D eigenvalue weighted by Crippen LogP contribution is 2.25. The van der Waals surface area contributed by atoms with E-state index in [2.05, 4.69) is 5.32 Å². The van der Waals surface area contributed by atoms with Gasteiger partial charge in [0, 0.05) is 5.92 Å². The maximum absolute atomic E-state index is 11.7. The summed E-state index contributed by atoms with van der Waals surface area (Å²) in [6.07, 6.45) is 4.33. The summed E-state index contributed by atoms with van der Waals surface area (Å²) in [5, 5.41) is 12.5. The highest BCUT2D eigenvalue weighted by molar-refractivity contribution is 5.79. The molecule has 3 heteroatoms. The van der Waals surface area contributed by atoms with Gasteiger partial charge >= 0.3 is 0 Å². The van der Waals surface area contributed by atoms with Crippen LogP contribution in [0.3, 0.4) is 0 Å². The lowest BCUT2D eigenvalue weighted by Crippen LogP contribution is -2.48. The number of carbonyl (C=O) groups excluding carboxylic acids is 1. The lowest BCUT2D eigenvalue weighted by atomic mass is 9.99. The molecule has 1 saturated carbocycles. The smallest absolute Gasteiger partial charge is 0.223 e. The summed E-state index contributed by atoms with van der Waals surface area (Å²) in [5.74, 6) is 0.289. The van der Waals surface area contributed by atoms with Crippen molar-refractivity contribution in [1.29, 1.82) is 0 Å². The summed E-state index contributed by atoms with van der Waals surface area (Å²) >= 11 is 0. The van der Waals surface area contributed by atoms with E-state index in [1.807, 2.05) is 6.92 Å². The van der Waals surface area contributed by atoms with Crippen LogP contribution in [0.25, 0.3) is 0 Å². The summed E-state index contributed by atoms with van der Waals surface area (Å²) in [5.41, 5.74) is -0.839. The number of aliphatic hydroxyl groups is 1. The van der Waals surface area contributed by atoms with Crippen molar-refractivity contribution in [3.8, 4) is 0 Å². The Balaban J connectivity index is 2.40. The predicted octanol–water partition coefficient (Wildman–Crippen LogP) is 1.45. The van der Waals surface area contributed by atoms with Crippen molar-refractivity contribution in [3.63, 3.8) is 0 Å². The maximum Gasteiger partial charge on any atom is 0.223 e. The van der Waals surface area contributed by atoms with Gasteiger partial charge in [-0.15, -0.1) is 0 Å². The molecule has 0 aromatic heterocycles. The second-order valence-electron chi connectivity index (χ2n) is 4.87. The monoisotopic (exact) mass is 199 g/mol. The average molecular weight is 199 g/mol. The molecule has 0 spiro atoms. The largest absolute Gasteiger partial charge is 0.388 e. The number of rotatable bonds is 3. The fourth-order valence-electron chi connectivity index (χ4n) is 1.70. The van der Waals surface area contributed by atoms with E-state index in [1.165, 1.54) is 0 Å². The minimum atomic E-state index is -0.839. The van der Waals surface area contributed by atoms with Gasteiger partial charge in [-0.2, -0.15) is 0 Å². The fourth-order valence-corrected chi connectivity index (χ4v) is 1.70. The van der Waals surface area contributed by atoms with E-state index in [1.54, 1.807) is 13.8 Å². The van der Waals surface area contributed by atoms with Crippen LogP contribution in [0.4, 0.5) is 0 Å². The minimum absolute atomic E-state index is 0.108. The molecule has 0 aromatic rings. The van der Waals surface area contributed by atoms with Crippen LogP contribution in [0.15, 0.2) is 0 Å². The zero-order valence-electron chi connectivity index (χ0n) is 9.34. The van der Waals surface area contributed by atoms with E-state index in [4.69, 9.17) is 0 Å². The van der Waals surface area contributed by atoms with Gasteiger partial charge in [0.05, 0.1) is 11.6 Å². The van der Waals surface area contributed by atoms with E-state index in [0.29, 0.717) is 0 Å². The van der Waals surface area contributed by atoms with Gasteiger partial charge in [0.25, 0.3) is 0 Å². The van der Waals surface area contributed by atoms with Gasteiger partial charge in [0.2, 0.25) is 5.91 Å². The molecule has 1 fully saturated rings. The van der Waals surface area contributed by atoms with Gasteiger partial charge in [0.15, 0.2) is 0 Å². The molecule has 3 nitrogen and oxygen atoms in total. The van der Waals surface area contributed by atoms with E-state index in [-0.39, 0.29) is 17.9 Å². The first kappa shape index (κ1) is 11.5. The van der Waals surface area contributed by atoms with E-state index < -0.39 is 5.60 Å². The van der Waals surface area contributed by atoms with Crippen LogP contribution in [0, 0.1) is 5.92 Å². The third-order valence-corrected chi connectivity index (χ3v) is 3.14. The molecule has 1 rings (SSSR count). The number of hydrogen-bond acceptors (Lipinski definition) is 2. The van der Waals surface area contributed by atoms with Crippen LogP contribution in [0.5, 0.6) is 0 Å². The molecule has 1 aliphatic rings.